The lowest BCUT2D eigenvalue weighted by Gasteiger charge is -2.28. The van der Waals surface area contributed by atoms with Crippen molar-refractivity contribution in [2.75, 3.05) is 11.9 Å². The first-order valence-electron chi connectivity index (χ1n) is 13.3. The number of carbonyl (C=O) groups excluding carboxylic acids is 2. The Hall–Kier alpha value is -4.15. The summed E-state index contributed by atoms with van der Waals surface area (Å²) in [6, 6.07) is 16.1. The number of nitrogens with two attached hydrogens (primary N) is 1. The molecule has 1 aliphatic rings. The predicted octanol–water partition coefficient (Wildman–Crippen LogP) is 4.01. The Morgan fingerprint density at radius 1 is 0.975 bits per heavy atom. The lowest BCUT2D eigenvalue weighted by molar-refractivity contribution is -0.130. The number of tetrazole rings is 1. The molecule has 2 amide bonds. The Morgan fingerprint density at radius 2 is 1.70 bits per heavy atom. The Morgan fingerprint density at radius 3 is 2.35 bits per heavy atom. The maximum absolute atomic E-state index is 13.5. The molecule has 5 N–H and O–H groups in total. The van der Waals surface area contributed by atoms with E-state index in [9.17, 15) is 9.59 Å². The van der Waals surface area contributed by atoms with E-state index >= 15 is 0 Å². The first-order valence-corrected chi connectivity index (χ1v) is 13.7. The zero-order chi connectivity index (χ0) is 27.9. The fourth-order valence-electron chi connectivity index (χ4n) is 5.01. The quantitative estimate of drug-likeness (QED) is 0.242. The number of benzene rings is 2. The largest absolute Gasteiger partial charge is 0.344 e. The SMILES string of the molecule is NCC1CCC(C(=O)NC(Cc2ccc(-c3cncc(Cl)c3)cc2)C(=O)Nc2ccc(-c3nn[nH]n3)cc2)CC1. The van der Waals surface area contributed by atoms with Gasteiger partial charge in [-0.15, -0.1) is 10.2 Å². The number of hydrogen-bond acceptors (Lipinski definition) is 7. The number of amides is 2. The van der Waals surface area contributed by atoms with Crippen LogP contribution in [0.25, 0.3) is 22.5 Å². The molecule has 40 heavy (non-hydrogen) atoms. The highest BCUT2D eigenvalue weighted by Crippen LogP contribution is 2.28. The standard InChI is InChI=1S/C29H31ClN8O2/c30-24-14-23(16-32-17-24)20-5-1-18(2-6-20)13-26(34-28(39)22-7-3-19(15-31)4-8-22)29(40)33-25-11-9-21(10-12-25)27-35-37-38-36-27/h1-2,5-6,9-12,14,16-17,19,22,26H,3-4,7-8,13,15,31H2,(H,33,40)(H,34,39)(H,35,36,37,38). The Labute approximate surface area is 237 Å². The van der Waals surface area contributed by atoms with Gasteiger partial charge in [0.15, 0.2) is 0 Å². The zero-order valence-corrected chi connectivity index (χ0v) is 22.6. The molecule has 2 aromatic carbocycles. The number of halogens is 1. The highest BCUT2D eigenvalue weighted by Gasteiger charge is 2.29. The summed E-state index contributed by atoms with van der Waals surface area (Å²) in [5.41, 5.74) is 9.96. The van der Waals surface area contributed by atoms with E-state index in [1.54, 1.807) is 36.7 Å². The second-order valence-electron chi connectivity index (χ2n) is 10.1. The average molecular weight is 559 g/mol. The molecule has 0 bridgehead atoms. The molecule has 0 radical (unpaired) electrons. The maximum Gasteiger partial charge on any atom is 0.247 e. The third-order valence-corrected chi connectivity index (χ3v) is 7.58. The highest BCUT2D eigenvalue weighted by molar-refractivity contribution is 6.30. The first-order chi connectivity index (χ1) is 19.5. The van der Waals surface area contributed by atoms with Crippen LogP contribution in [0.1, 0.15) is 31.2 Å². The van der Waals surface area contributed by atoms with Gasteiger partial charge in [0.1, 0.15) is 6.04 Å². The van der Waals surface area contributed by atoms with Crippen molar-refractivity contribution in [3.05, 3.63) is 77.6 Å². The summed E-state index contributed by atoms with van der Waals surface area (Å²) in [5, 5.41) is 20.5. The van der Waals surface area contributed by atoms with E-state index in [-0.39, 0.29) is 17.7 Å². The first kappa shape index (κ1) is 27.4. The van der Waals surface area contributed by atoms with E-state index in [2.05, 4.69) is 36.2 Å². The van der Waals surface area contributed by atoms with E-state index in [0.717, 1.165) is 47.9 Å². The molecule has 1 atom stereocenters. The molecule has 0 saturated heterocycles. The molecule has 1 fully saturated rings. The van der Waals surface area contributed by atoms with Crippen LogP contribution >= 0.6 is 11.6 Å². The van der Waals surface area contributed by atoms with Crippen LogP contribution in [0, 0.1) is 11.8 Å². The van der Waals surface area contributed by atoms with Crippen LogP contribution < -0.4 is 16.4 Å². The summed E-state index contributed by atoms with van der Waals surface area (Å²) in [5.74, 6) is 0.422. The van der Waals surface area contributed by atoms with Gasteiger partial charge < -0.3 is 16.4 Å². The van der Waals surface area contributed by atoms with Gasteiger partial charge >= 0.3 is 0 Å². The highest BCUT2D eigenvalue weighted by atomic mass is 35.5. The molecule has 0 aliphatic heterocycles. The second kappa shape index (κ2) is 12.8. The lowest BCUT2D eigenvalue weighted by Crippen LogP contribution is -2.48. The van der Waals surface area contributed by atoms with Gasteiger partial charge in [0.2, 0.25) is 17.6 Å². The summed E-state index contributed by atoms with van der Waals surface area (Å²) in [7, 11) is 0. The minimum Gasteiger partial charge on any atom is -0.344 e. The van der Waals surface area contributed by atoms with E-state index in [1.165, 1.54) is 0 Å². The lowest BCUT2D eigenvalue weighted by atomic mass is 9.81. The average Bonchev–Trinajstić information content (AvgIpc) is 3.53. The van der Waals surface area contributed by atoms with Crippen LogP contribution in [-0.4, -0.2) is 50.0 Å². The number of aromatic nitrogens is 5. The number of aromatic amines is 1. The molecule has 206 valence electrons. The normalized spacial score (nSPS) is 17.6. The van der Waals surface area contributed by atoms with Gasteiger partial charge in [-0.1, -0.05) is 35.9 Å². The number of nitrogens with zero attached hydrogens (tertiary/aromatic N) is 4. The van der Waals surface area contributed by atoms with Gasteiger partial charge in [0.05, 0.1) is 5.02 Å². The predicted molar refractivity (Wildman–Crippen MR) is 153 cm³/mol. The van der Waals surface area contributed by atoms with E-state index < -0.39 is 6.04 Å². The summed E-state index contributed by atoms with van der Waals surface area (Å²) in [6.07, 6.45) is 7.10. The minimum absolute atomic E-state index is 0.0929. The third kappa shape index (κ3) is 6.88. The van der Waals surface area contributed by atoms with Gasteiger partial charge in [-0.3, -0.25) is 14.6 Å². The molecule has 1 unspecified atom stereocenters. The summed E-state index contributed by atoms with van der Waals surface area (Å²) in [4.78, 5) is 30.9. The van der Waals surface area contributed by atoms with Crippen molar-refractivity contribution in [2.45, 2.75) is 38.1 Å². The molecule has 4 aromatic rings. The van der Waals surface area contributed by atoms with Crippen LogP contribution in [-0.2, 0) is 16.0 Å². The molecule has 2 aromatic heterocycles. The number of pyridine rings is 1. The van der Waals surface area contributed by atoms with Crippen LogP contribution in [0.2, 0.25) is 5.02 Å². The van der Waals surface area contributed by atoms with E-state index in [1.807, 2.05) is 30.3 Å². The maximum atomic E-state index is 13.5. The van der Waals surface area contributed by atoms with Crippen LogP contribution in [0.4, 0.5) is 5.69 Å². The summed E-state index contributed by atoms with van der Waals surface area (Å²) in [6.45, 7) is 0.645. The van der Waals surface area contributed by atoms with Crippen LogP contribution in [0.5, 0.6) is 0 Å². The molecule has 11 heteroatoms. The number of H-pyrrole nitrogens is 1. The zero-order valence-electron chi connectivity index (χ0n) is 21.9. The molecule has 0 spiro atoms. The van der Waals surface area contributed by atoms with Crippen molar-refractivity contribution in [1.29, 1.82) is 0 Å². The number of nitrogens with one attached hydrogen (secondary N) is 3. The molecule has 10 nitrogen and oxygen atoms in total. The number of carbonyl (C=O) groups is 2. The fourth-order valence-corrected chi connectivity index (χ4v) is 5.19. The van der Waals surface area contributed by atoms with Crippen molar-refractivity contribution >= 4 is 29.1 Å². The van der Waals surface area contributed by atoms with Gasteiger partial charge in [0.25, 0.3) is 0 Å². The molecular formula is C29H31ClN8O2. The van der Waals surface area contributed by atoms with Crippen molar-refractivity contribution in [3.8, 4) is 22.5 Å². The molecular weight excluding hydrogens is 528 g/mol. The number of hydrogen-bond donors (Lipinski definition) is 4. The van der Waals surface area contributed by atoms with Crippen molar-refractivity contribution < 1.29 is 9.59 Å². The third-order valence-electron chi connectivity index (χ3n) is 7.37. The smallest absolute Gasteiger partial charge is 0.247 e. The Kier molecular flexibility index (Phi) is 8.78. The van der Waals surface area contributed by atoms with Crippen LogP contribution in [0.3, 0.4) is 0 Å². The monoisotopic (exact) mass is 558 g/mol. The number of rotatable bonds is 9. The Bertz CT molecular complexity index is 1420. The van der Waals surface area contributed by atoms with Gasteiger partial charge in [0, 0.05) is 41.5 Å². The number of anilines is 1. The van der Waals surface area contributed by atoms with Gasteiger partial charge in [-0.05, 0) is 84.8 Å². The minimum atomic E-state index is -0.754. The van der Waals surface area contributed by atoms with Crippen molar-refractivity contribution in [3.63, 3.8) is 0 Å². The Balaban J connectivity index is 1.30. The van der Waals surface area contributed by atoms with E-state index in [0.29, 0.717) is 35.4 Å². The van der Waals surface area contributed by atoms with Gasteiger partial charge in [-0.2, -0.15) is 5.21 Å². The van der Waals surface area contributed by atoms with E-state index in [4.69, 9.17) is 17.3 Å². The molecule has 2 heterocycles. The summed E-state index contributed by atoms with van der Waals surface area (Å²) < 4.78 is 0. The molecule has 5 rings (SSSR count). The van der Waals surface area contributed by atoms with Crippen molar-refractivity contribution in [2.24, 2.45) is 17.6 Å². The van der Waals surface area contributed by atoms with Gasteiger partial charge in [-0.25, -0.2) is 0 Å². The molecule has 1 aliphatic carbocycles. The summed E-state index contributed by atoms with van der Waals surface area (Å²) >= 11 is 6.10. The van der Waals surface area contributed by atoms with Crippen molar-refractivity contribution in [1.82, 2.24) is 30.9 Å². The fraction of sp³-hybridized carbons (Fsp3) is 0.310. The van der Waals surface area contributed by atoms with Crippen LogP contribution in [0.15, 0.2) is 67.0 Å². The molecule has 1 saturated carbocycles. The second-order valence-corrected chi connectivity index (χ2v) is 10.5. The topological polar surface area (TPSA) is 152 Å².